The van der Waals surface area contributed by atoms with Crippen LogP contribution in [0.15, 0.2) is 34.8 Å². The number of nitrogens with two attached hydrogens (primary N) is 1. The number of hydrogen-bond acceptors (Lipinski definition) is 3. The molecule has 1 aromatic carbocycles. The molecule has 0 aliphatic rings. The van der Waals surface area contributed by atoms with E-state index in [1.165, 1.54) is 12.1 Å². The number of hydrazine groups is 1. The van der Waals surface area contributed by atoms with Crippen LogP contribution in [0.4, 0.5) is 4.39 Å². The second-order valence-electron chi connectivity index (χ2n) is 4.18. The van der Waals surface area contributed by atoms with Crippen LogP contribution in [-0.4, -0.2) is 0 Å². The van der Waals surface area contributed by atoms with Crippen molar-refractivity contribution in [2.24, 2.45) is 5.84 Å². The van der Waals surface area contributed by atoms with Gasteiger partial charge in [-0.25, -0.2) is 9.82 Å². The van der Waals surface area contributed by atoms with E-state index in [9.17, 15) is 4.39 Å². The third-order valence-corrected chi connectivity index (χ3v) is 2.86. The molecule has 2 aromatic rings. The molecule has 0 radical (unpaired) electrons. The van der Waals surface area contributed by atoms with Gasteiger partial charge in [0, 0.05) is 10.9 Å². The molecule has 3 nitrogen and oxygen atoms in total. The average molecular weight is 234 g/mol. The van der Waals surface area contributed by atoms with Crippen molar-refractivity contribution in [2.45, 2.75) is 19.9 Å². The Labute approximate surface area is 99.1 Å². The first kappa shape index (κ1) is 11.8. The van der Waals surface area contributed by atoms with Crippen molar-refractivity contribution < 1.29 is 8.81 Å². The first-order valence-electron chi connectivity index (χ1n) is 5.34. The Morgan fingerprint density at radius 2 is 2.24 bits per heavy atom. The third-order valence-electron chi connectivity index (χ3n) is 2.86. The summed E-state index contributed by atoms with van der Waals surface area (Å²) in [6.07, 6.45) is 0. The maximum Gasteiger partial charge on any atom is 0.134 e. The number of benzene rings is 1. The maximum absolute atomic E-state index is 13.2. The number of fused-ring (bicyclic) bond motifs is 1. The number of hydrogen-bond donors (Lipinski definition) is 2. The van der Waals surface area contributed by atoms with E-state index in [4.69, 9.17) is 10.3 Å². The zero-order valence-electron chi connectivity index (χ0n) is 9.88. The Hall–Kier alpha value is -1.65. The monoisotopic (exact) mass is 234 g/mol. The maximum atomic E-state index is 13.2. The fraction of sp³-hybridized carbons (Fsp3) is 0.231. The molecule has 0 saturated carbocycles. The lowest BCUT2D eigenvalue weighted by Crippen LogP contribution is -2.28. The van der Waals surface area contributed by atoms with Crippen molar-refractivity contribution in [3.05, 3.63) is 47.5 Å². The molecular formula is C13H15FN2O. The van der Waals surface area contributed by atoms with Crippen LogP contribution in [0, 0.1) is 12.7 Å². The Balaban J connectivity index is 2.63. The highest BCUT2D eigenvalue weighted by molar-refractivity contribution is 5.82. The minimum Gasteiger partial charge on any atom is -0.459 e. The summed E-state index contributed by atoms with van der Waals surface area (Å²) < 4.78 is 18.9. The van der Waals surface area contributed by atoms with Crippen LogP contribution in [0.5, 0.6) is 0 Å². The van der Waals surface area contributed by atoms with Gasteiger partial charge in [0.2, 0.25) is 0 Å². The van der Waals surface area contributed by atoms with Crippen molar-refractivity contribution in [1.29, 1.82) is 0 Å². The fourth-order valence-electron chi connectivity index (χ4n) is 1.93. The van der Waals surface area contributed by atoms with Gasteiger partial charge in [-0.1, -0.05) is 12.2 Å². The van der Waals surface area contributed by atoms with Crippen molar-refractivity contribution in [3.8, 4) is 0 Å². The summed E-state index contributed by atoms with van der Waals surface area (Å²) in [6.45, 7) is 7.60. The van der Waals surface area contributed by atoms with E-state index >= 15 is 0 Å². The predicted molar refractivity (Wildman–Crippen MR) is 65.8 cm³/mol. The van der Waals surface area contributed by atoms with Crippen LogP contribution in [0.1, 0.15) is 24.3 Å². The van der Waals surface area contributed by atoms with E-state index in [-0.39, 0.29) is 11.9 Å². The number of aryl methyl sites for hydroxylation is 1. The van der Waals surface area contributed by atoms with E-state index in [2.05, 4.69) is 12.0 Å². The van der Waals surface area contributed by atoms with Gasteiger partial charge in [0.05, 0.1) is 6.04 Å². The molecule has 0 fully saturated rings. The molecule has 1 unspecified atom stereocenters. The van der Waals surface area contributed by atoms with Crippen LogP contribution in [0.2, 0.25) is 0 Å². The second-order valence-corrected chi connectivity index (χ2v) is 4.18. The predicted octanol–water partition coefficient (Wildman–Crippen LogP) is 2.96. The van der Waals surface area contributed by atoms with Crippen molar-refractivity contribution >= 4 is 11.0 Å². The largest absolute Gasteiger partial charge is 0.459 e. The molecule has 0 aliphatic carbocycles. The topological polar surface area (TPSA) is 51.2 Å². The van der Waals surface area contributed by atoms with Crippen LogP contribution >= 0.6 is 0 Å². The highest BCUT2D eigenvalue weighted by Crippen LogP contribution is 2.32. The summed E-state index contributed by atoms with van der Waals surface area (Å²) >= 11 is 0. The van der Waals surface area contributed by atoms with E-state index in [1.807, 2.05) is 13.8 Å². The van der Waals surface area contributed by atoms with Crippen LogP contribution in [0.25, 0.3) is 11.0 Å². The van der Waals surface area contributed by atoms with Gasteiger partial charge in [-0.3, -0.25) is 5.84 Å². The zero-order chi connectivity index (χ0) is 12.6. The van der Waals surface area contributed by atoms with Gasteiger partial charge in [0.1, 0.15) is 17.2 Å². The minimum absolute atomic E-state index is 0.259. The first-order chi connectivity index (χ1) is 8.04. The molecule has 90 valence electrons. The summed E-state index contributed by atoms with van der Waals surface area (Å²) in [7, 11) is 0. The second kappa shape index (κ2) is 4.31. The molecule has 0 bridgehead atoms. The van der Waals surface area contributed by atoms with Gasteiger partial charge < -0.3 is 4.42 Å². The van der Waals surface area contributed by atoms with Crippen LogP contribution < -0.4 is 11.3 Å². The van der Waals surface area contributed by atoms with Crippen molar-refractivity contribution in [2.75, 3.05) is 0 Å². The van der Waals surface area contributed by atoms with E-state index < -0.39 is 0 Å². The van der Waals surface area contributed by atoms with E-state index in [0.717, 1.165) is 16.5 Å². The van der Waals surface area contributed by atoms with Crippen molar-refractivity contribution in [1.82, 2.24) is 5.43 Å². The van der Waals surface area contributed by atoms with Gasteiger partial charge >= 0.3 is 0 Å². The number of halogens is 1. The SMILES string of the molecule is C=C(C)C(NN)c1oc2ccc(F)cc2c1C. The lowest BCUT2D eigenvalue weighted by atomic mass is 10.0. The Morgan fingerprint density at radius 1 is 1.53 bits per heavy atom. The standard InChI is InChI=1S/C13H15FN2O/c1-7(2)12(16-15)13-8(3)10-6-9(14)4-5-11(10)17-13/h4-6,12,16H,1,15H2,2-3H3. The molecule has 17 heavy (non-hydrogen) atoms. The molecule has 1 aromatic heterocycles. The minimum atomic E-state index is -0.277. The Bertz CT molecular complexity index is 574. The lowest BCUT2D eigenvalue weighted by molar-refractivity contribution is 0.469. The van der Waals surface area contributed by atoms with Gasteiger partial charge in [-0.15, -0.1) is 0 Å². The first-order valence-corrected chi connectivity index (χ1v) is 5.34. The lowest BCUT2D eigenvalue weighted by Gasteiger charge is -2.13. The van der Waals surface area contributed by atoms with Crippen LogP contribution in [0.3, 0.4) is 0 Å². The summed E-state index contributed by atoms with van der Waals surface area (Å²) in [6, 6.07) is 4.20. The smallest absolute Gasteiger partial charge is 0.134 e. The van der Waals surface area contributed by atoms with Crippen molar-refractivity contribution in [3.63, 3.8) is 0 Å². The average Bonchev–Trinajstić information content (AvgIpc) is 2.58. The van der Waals surface area contributed by atoms with Crippen LogP contribution in [-0.2, 0) is 0 Å². The van der Waals surface area contributed by atoms with Gasteiger partial charge in [0.25, 0.3) is 0 Å². The molecule has 0 saturated heterocycles. The normalized spacial score (nSPS) is 12.9. The number of nitrogens with one attached hydrogen (secondary N) is 1. The molecule has 0 aliphatic heterocycles. The Morgan fingerprint density at radius 3 is 2.82 bits per heavy atom. The highest BCUT2D eigenvalue weighted by Gasteiger charge is 2.20. The number of furan rings is 1. The fourth-order valence-corrected chi connectivity index (χ4v) is 1.93. The summed E-state index contributed by atoms with van der Waals surface area (Å²) in [5, 5.41) is 0.765. The molecule has 0 spiro atoms. The van der Waals surface area contributed by atoms with E-state index in [1.54, 1.807) is 6.07 Å². The molecule has 1 atom stereocenters. The van der Waals surface area contributed by atoms with Gasteiger partial charge in [-0.05, 0) is 32.0 Å². The quantitative estimate of drug-likeness (QED) is 0.487. The molecule has 1 heterocycles. The summed E-state index contributed by atoms with van der Waals surface area (Å²) in [5.74, 6) is 5.89. The summed E-state index contributed by atoms with van der Waals surface area (Å²) in [4.78, 5) is 0. The third kappa shape index (κ3) is 1.97. The molecule has 2 rings (SSSR count). The highest BCUT2D eigenvalue weighted by atomic mass is 19.1. The molecule has 4 heteroatoms. The Kier molecular flexibility index (Phi) is 3.00. The zero-order valence-corrected chi connectivity index (χ0v) is 9.88. The van der Waals surface area contributed by atoms with E-state index in [0.29, 0.717) is 11.3 Å². The van der Waals surface area contributed by atoms with Gasteiger partial charge in [0.15, 0.2) is 0 Å². The molecular weight excluding hydrogens is 219 g/mol. The molecule has 3 N–H and O–H groups in total. The number of rotatable bonds is 3. The molecule has 0 amide bonds. The van der Waals surface area contributed by atoms with Gasteiger partial charge in [-0.2, -0.15) is 0 Å². The summed E-state index contributed by atoms with van der Waals surface area (Å²) in [5.41, 5.74) is 5.02.